The van der Waals surface area contributed by atoms with Gasteiger partial charge in [0.05, 0.1) is 5.75 Å². The zero-order valence-corrected chi connectivity index (χ0v) is 14.9. The molecule has 0 atom stereocenters. The van der Waals surface area contributed by atoms with Crippen molar-refractivity contribution in [2.24, 2.45) is 0 Å². The van der Waals surface area contributed by atoms with Crippen LogP contribution < -0.4 is 10.9 Å². The summed E-state index contributed by atoms with van der Waals surface area (Å²) in [7, 11) is 0. The van der Waals surface area contributed by atoms with Crippen molar-refractivity contribution in [3.8, 4) is 0 Å². The monoisotopic (exact) mass is 360 g/mol. The van der Waals surface area contributed by atoms with Crippen LogP contribution in [0.5, 0.6) is 0 Å². The molecule has 8 heteroatoms. The Bertz CT molecular complexity index is 785. The summed E-state index contributed by atoms with van der Waals surface area (Å²) in [6.07, 6.45) is 1.39. The number of aromatic nitrogens is 2. The molecule has 0 saturated heterocycles. The highest BCUT2D eigenvalue weighted by Gasteiger charge is 2.12. The molecule has 0 unspecified atom stereocenters. The molecule has 2 amide bonds. The SMILES string of the molecule is CCN(CC)C(=O)c1ccc(NC(=O)CSc2nccc(=O)[nH]2)cc1. The zero-order chi connectivity index (χ0) is 18.2. The average molecular weight is 360 g/mol. The first-order valence-corrected chi connectivity index (χ1v) is 8.89. The summed E-state index contributed by atoms with van der Waals surface area (Å²) in [6.45, 7) is 5.17. The third kappa shape index (κ3) is 5.46. The zero-order valence-electron chi connectivity index (χ0n) is 14.1. The molecule has 0 aliphatic heterocycles. The van der Waals surface area contributed by atoms with Crippen molar-refractivity contribution in [1.29, 1.82) is 0 Å². The summed E-state index contributed by atoms with van der Waals surface area (Å²) in [5.74, 6) is -0.135. The van der Waals surface area contributed by atoms with E-state index in [4.69, 9.17) is 0 Å². The summed E-state index contributed by atoms with van der Waals surface area (Å²) in [4.78, 5) is 43.6. The fourth-order valence-electron chi connectivity index (χ4n) is 2.15. The molecule has 0 spiro atoms. The van der Waals surface area contributed by atoms with Gasteiger partial charge in [0.2, 0.25) is 5.91 Å². The van der Waals surface area contributed by atoms with Crippen LogP contribution in [-0.2, 0) is 4.79 Å². The van der Waals surface area contributed by atoms with Crippen molar-refractivity contribution in [2.45, 2.75) is 19.0 Å². The maximum absolute atomic E-state index is 12.2. The molecule has 2 rings (SSSR count). The Kier molecular flexibility index (Phi) is 6.76. The molecule has 0 bridgehead atoms. The Balaban J connectivity index is 1.91. The van der Waals surface area contributed by atoms with Crippen molar-refractivity contribution < 1.29 is 9.59 Å². The number of amides is 2. The van der Waals surface area contributed by atoms with E-state index in [0.717, 1.165) is 11.8 Å². The van der Waals surface area contributed by atoms with Crippen LogP contribution in [-0.4, -0.2) is 45.5 Å². The second-order valence-electron chi connectivity index (χ2n) is 5.13. The number of aromatic amines is 1. The van der Waals surface area contributed by atoms with Gasteiger partial charge in [0.25, 0.3) is 11.5 Å². The summed E-state index contributed by atoms with van der Waals surface area (Å²) in [5.41, 5.74) is 0.935. The number of benzene rings is 1. The van der Waals surface area contributed by atoms with Gasteiger partial charge in [-0.1, -0.05) is 11.8 Å². The first kappa shape index (κ1) is 18.7. The highest BCUT2D eigenvalue weighted by atomic mass is 32.2. The van der Waals surface area contributed by atoms with Gasteiger partial charge in [-0.05, 0) is 38.1 Å². The van der Waals surface area contributed by atoms with Crippen LogP contribution in [0.2, 0.25) is 0 Å². The number of carbonyl (C=O) groups is 2. The van der Waals surface area contributed by atoms with E-state index >= 15 is 0 Å². The van der Waals surface area contributed by atoms with E-state index < -0.39 is 0 Å². The molecule has 132 valence electrons. The van der Waals surface area contributed by atoms with Gasteiger partial charge in [0.1, 0.15) is 0 Å². The molecule has 1 aromatic heterocycles. The topological polar surface area (TPSA) is 95.2 Å². The predicted octanol–water partition coefficient (Wildman–Crippen LogP) is 1.98. The fraction of sp³-hybridized carbons (Fsp3) is 0.294. The minimum absolute atomic E-state index is 0.0301. The van der Waals surface area contributed by atoms with Gasteiger partial charge in [-0.15, -0.1) is 0 Å². The lowest BCUT2D eigenvalue weighted by atomic mass is 10.2. The Hall–Kier alpha value is -2.61. The van der Waals surface area contributed by atoms with Crippen LogP contribution in [0.1, 0.15) is 24.2 Å². The van der Waals surface area contributed by atoms with Gasteiger partial charge in [0.15, 0.2) is 5.16 Å². The molecular weight excluding hydrogens is 340 g/mol. The second-order valence-corrected chi connectivity index (χ2v) is 6.09. The highest BCUT2D eigenvalue weighted by Crippen LogP contribution is 2.14. The number of carbonyl (C=O) groups excluding carboxylic acids is 2. The van der Waals surface area contributed by atoms with E-state index in [0.29, 0.717) is 29.5 Å². The van der Waals surface area contributed by atoms with Crippen molar-refractivity contribution in [1.82, 2.24) is 14.9 Å². The van der Waals surface area contributed by atoms with E-state index in [1.807, 2.05) is 13.8 Å². The minimum atomic E-state index is -0.258. The molecule has 0 radical (unpaired) electrons. The third-order valence-electron chi connectivity index (χ3n) is 3.45. The average Bonchev–Trinajstić information content (AvgIpc) is 2.61. The summed E-state index contributed by atoms with van der Waals surface area (Å²) >= 11 is 1.14. The van der Waals surface area contributed by atoms with Gasteiger partial charge in [-0.3, -0.25) is 14.4 Å². The van der Waals surface area contributed by atoms with E-state index in [2.05, 4.69) is 15.3 Å². The number of hydrogen-bond donors (Lipinski definition) is 2. The first-order chi connectivity index (χ1) is 12.0. The molecule has 25 heavy (non-hydrogen) atoms. The smallest absolute Gasteiger partial charge is 0.253 e. The van der Waals surface area contributed by atoms with Crippen LogP contribution in [0.4, 0.5) is 5.69 Å². The molecule has 0 fully saturated rings. The number of nitrogens with one attached hydrogen (secondary N) is 2. The Labute approximate surface area is 149 Å². The summed E-state index contributed by atoms with van der Waals surface area (Å²) in [5, 5.41) is 3.14. The van der Waals surface area contributed by atoms with E-state index in [9.17, 15) is 14.4 Å². The quantitative estimate of drug-likeness (QED) is 0.581. The molecule has 2 N–H and O–H groups in total. The fourth-order valence-corrected chi connectivity index (χ4v) is 2.79. The number of H-pyrrole nitrogens is 1. The summed E-state index contributed by atoms with van der Waals surface area (Å²) in [6, 6.07) is 8.09. The van der Waals surface area contributed by atoms with Crippen molar-refractivity contribution in [3.05, 3.63) is 52.4 Å². The summed E-state index contributed by atoms with van der Waals surface area (Å²) < 4.78 is 0. The molecule has 2 aromatic rings. The van der Waals surface area contributed by atoms with E-state index in [1.165, 1.54) is 12.3 Å². The molecule has 7 nitrogen and oxygen atoms in total. The van der Waals surface area contributed by atoms with E-state index in [-0.39, 0.29) is 23.1 Å². The normalized spacial score (nSPS) is 10.3. The van der Waals surface area contributed by atoms with Crippen LogP contribution in [0.15, 0.2) is 46.5 Å². The van der Waals surface area contributed by atoms with Gasteiger partial charge in [-0.25, -0.2) is 4.98 Å². The number of nitrogens with zero attached hydrogens (tertiary/aromatic N) is 2. The largest absolute Gasteiger partial charge is 0.339 e. The molecule has 0 saturated carbocycles. The molecule has 1 aromatic carbocycles. The molecule has 1 heterocycles. The Morgan fingerprint density at radius 1 is 1.16 bits per heavy atom. The lowest BCUT2D eigenvalue weighted by Crippen LogP contribution is -2.30. The van der Waals surface area contributed by atoms with Crippen molar-refractivity contribution in [2.75, 3.05) is 24.2 Å². The third-order valence-corrected chi connectivity index (χ3v) is 4.34. The number of thioether (sulfide) groups is 1. The predicted molar refractivity (Wildman–Crippen MR) is 97.9 cm³/mol. The van der Waals surface area contributed by atoms with E-state index in [1.54, 1.807) is 29.2 Å². The minimum Gasteiger partial charge on any atom is -0.339 e. The standard InChI is InChI=1S/C17H20N4O3S/c1-3-21(4-2)16(24)12-5-7-13(8-6-12)19-15(23)11-25-17-18-10-9-14(22)20-17/h5-10H,3-4,11H2,1-2H3,(H,19,23)(H,18,20,22). The van der Waals surface area contributed by atoms with Crippen molar-refractivity contribution in [3.63, 3.8) is 0 Å². The van der Waals surface area contributed by atoms with Crippen LogP contribution in [0.25, 0.3) is 0 Å². The number of rotatable bonds is 7. The Morgan fingerprint density at radius 3 is 2.44 bits per heavy atom. The second kappa shape index (κ2) is 9.03. The maximum Gasteiger partial charge on any atom is 0.253 e. The lowest BCUT2D eigenvalue weighted by molar-refractivity contribution is -0.113. The Morgan fingerprint density at radius 2 is 1.84 bits per heavy atom. The molecule has 0 aliphatic rings. The number of anilines is 1. The van der Waals surface area contributed by atoms with Crippen LogP contribution in [0.3, 0.4) is 0 Å². The van der Waals surface area contributed by atoms with Crippen LogP contribution in [0, 0.1) is 0 Å². The maximum atomic E-state index is 12.2. The molecule has 0 aliphatic carbocycles. The van der Waals surface area contributed by atoms with Gasteiger partial charge < -0.3 is 15.2 Å². The van der Waals surface area contributed by atoms with Gasteiger partial charge in [-0.2, -0.15) is 0 Å². The van der Waals surface area contributed by atoms with Crippen LogP contribution >= 0.6 is 11.8 Å². The number of hydrogen-bond acceptors (Lipinski definition) is 5. The highest BCUT2D eigenvalue weighted by molar-refractivity contribution is 7.99. The van der Waals surface area contributed by atoms with Crippen molar-refractivity contribution >= 4 is 29.3 Å². The lowest BCUT2D eigenvalue weighted by Gasteiger charge is -2.18. The first-order valence-electron chi connectivity index (χ1n) is 7.90. The van der Waals surface area contributed by atoms with Gasteiger partial charge >= 0.3 is 0 Å². The molecular formula is C17H20N4O3S. The van der Waals surface area contributed by atoms with Gasteiger partial charge in [0, 0.05) is 36.6 Å².